The zero-order valence-electron chi connectivity index (χ0n) is 10.4. The molecule has 1 aliphatic rings. The molecule has 0 spiro atoms. The summed E-state index contributed by atoms with van der Waals surface area (Å²) in [5.74, 6) is 0.335. The lowest BCUT2D eigenvalue weighted by Crippen LogP contribution is -2.32. The molecule has 1 aromatic rings. The standard InChI is InChI=1S/C12H13NO5S/c1-9-12(13(2)11(8-14)17-9)19(15,16)18-10-6-4-3-5-7-10/h3-8,11H,1-2H3. The number of aldehydes is 1. The average Bonchev–Trinajstić information content (AvgIpc) is 2.65. The summed E-state index contributed by atoms with van der Waals surface area (Å²) in [5.41, 5.74) is 0. The fourth-order valence-corrected chi connectivity index (χ4v) is 3.09. The second-order valence-corrected chi connectivity index (χ2v) is 5.43. The van der Waals surface area contributed by atoms with Gasteiger partial charge in [0.15, 0.2) is 6.29 Å². The Labute approximate surface area is 111 Å². The van der Waals surface area contributed by atoms with Crippen molar-refractivity contribution in [2.24, 2.45) is 0 Å². The van der Waals surface area contributed by atoms with Crippen LogP contribution in [0, 0.1) is 0 Å². The molecule has 2 rings (SSSR count). The second kappa shape index (κ2) is 4.93. The van der Waals surface area contributed by atoms with E-state index in [0.29, 0.717) is 6.29 Å². The highest BCUT2D eigenvalue weighted by Gasteiger charge is 2.38. The Morgan fingerprint density at radius 2 is 1.95 bits per heavy atom. The summed E-state index contributed by atoms with van der Waals surface area (Å²) in [6, 6.07) is 8.13. The molecule has 1 heterocycles. The molecule has 0 aromatic heterocycles. The number of nitrogens with zero attached hydrogens (tertiary/aromatic N) is 1. The van der Waals surface area contributed by atoms with Gasteiger partial charge in [0.25, 0.3) is 0 Å². The van der Waals surface area contributed by atoms with Crippen molar-refractivity contribution < 1.29 is 22.1 Å². The van der Waals surface area contributed by atoms with Crippen LogP contribution < -0.4 is 4.18 Å². The fraction of sp³-hybridized carbons (Fsp3) is 0.250. The maximum Gasteiger partial charge on any atom is 0.358 e. The van der Waals surface area contributed by atoms with Crippen LogP contribution in [0.5, 0.6) is 5.75 Å². The fourth-order valence-electron chi connectivity index (χ4n) is 1.79. The van der Waals surface area contributed by atoms with Crippen LogP contribution in [0.15, 0.2) is 41.1 Å². The van der Waals surface area contributed by atoms with Gasteiger partial charge in [0, 0.05) is 7.05 Å². The van der Waals surface area contributed by atoms with E-state index >= 15 is 0 Å². The van der Waals surface area contributed by atoms with Gasteiger partial charge in [-0.05, 0) is 19.1 Å². The molecule has 0 aliphatic carbocycles. The van der Waals surface area contributed by atoms with Crippen molar-refractivity contribution >= 4 is 16.4 Å². The van der Waals surface area contributed by atoms with Crippen LogP contribution in [0.1, 0.15) is 6.92 Å². The summed E-state index contributed by atoms with van der Waals surface area (Å²) in [6.07, 6.45) is -0.418. The molecule has 1 aromatic carbocycles. The average molecular weight is 283 g/mol. The van der Waals surface area contributed by atoms with Crippen molar-refractivity contribution in [3.05, 3.63) is 41.1 Å². The first-order valence-corrected chi connectivity index (χ1v) is 6.92. The van der Waals surface area contributed by atoms with Gasteiger partial charge in [0.1, 0.15) is 11.5 Å². The summed E-state index contributed by atoms with van der Waals surface area (Å²) in [7, 11) is -2.58. The smallest absolute Gasteiger partial charge is 0.358 e. The molecule has 0 N–H and O–H groups in total. The maximum atomic E-state index is 12.2. The number of rotatable bonds is 4. The number of likely N-dealkylation sites (N-methyl/N-ethyl adjacent to an activating group) is 1. The van der Waals surface area contributed by atoms with Crippen molar-refractivity contribution in [1.29, 1.82) is 0 Å². The molecular formula is C12H13NO5S. The summed E-state index contributed by atoms with van der Waals surface area (Å²) in [6.45, 7) is 1.47. The van der Waals surface area contributed by atoms with Gasteiger partial charge in [-0.25, -0.2) is 0 Å². The number of hydrogen-bond acceptors (Lipinski definition) is 6. The molecule has 0 radical (unpaired) electrons. The van der Waals surface area contributed by atoms with Crippen molar-refractivity contribution in [2.75, 3.05) is 7.05 Å². The minimum atomic E-state index is -4.03. The van der Waals surface area contributed by atoms with Crippen LogP contribution in [-0.4, -0.2) is 32.9 Å². The largest absolute Gasteiger partial charge is 0.465 e. The first-order valence-electron chi connectivity index (χ1n) is 5.51. The lowest BCUT2D eigenvalue weighted by atomic mass is 10.3. The van der Waals surface area contributed by atoms with Gasteiger partial charge in [-0.2, -0.15) is 8.42 Å². The predicted molar refractivity (Wildman–Crippen MR) is 67.4 cm³/mol. The Balaban J connectivity index is 2.30. The molecule has 19 heavy (non-hydrogen) atoms. The number of allylic oxidation sites excluding steroid dienone is 1. The zero-order valence-corrected chi connectivity index (χ0v) is 11.3. The van der Waals surface area contributed by atoms with Gasteiger partial charge in [-0.15, -0.1) is 0 Å². The summed E-state index contributed by atoms with van der Waals surface area (Å²) in [4.78, 5) is 12.0. The minimum absolute atomic E-state index is 0.135. The van der Waals surface area contributed by atoms with E-state index in [1.165, 1.54) is 31.0 Å². The molecule has 0 fully saturated rings. The monoisotopic (exact) mass is 283 g/mol. The molecule has 6 nitrogen and oxygen atoms in total. The van der Waals surface area contributed by atoms with Crippen LogP contribution in [0.3, 0.4) is 0 Å². The van der Waals surface area contributed by atoms with Crippen LogP contribution in [-0.2, 0) is 19.6 Å². The Bertz CT molecular complexity index is 608. The first kappa shape index (κ1) is 13.4. The predicted octanol–water partition coefficient (Wildman–Crippen LogP) is 1.07. The Morgan fingerprint density at radius 1 is 1.32 bits per heavy atom. The molecule has 7 heteroatoms. The molecule has 1 unspecified atom stereocenters. The van der Waals surface area contributed by atoms with E-state index in [1.807, 2.05) is 0 Å². The van der Waals surface area contributed by atoms with Crippen LogP contribution >= 0.6 is 0 Å². The van der Waals surface area contributed by atoms with Gasteiger partial charge in [0.05, 0.1) is 0 Å². The van der Waals surface area contributed by atoms with E-state index in [2.05, 4.69) is 0 Å². The van der Waals surface area contributed by atoms with Crippen LogP contribution in [0.2, 0.25) is 0 Å². The van der Waals surface area contributed by atoms with Crippen LogP contribution in [0.4, 0.5) is 0 Å². The summed E-state index contributed by atoms with van der Waals surface area (Å²) < 4.78 is 34.5. The quantitative estimate of drug-likeness (QED) is 0.608. The molecule has 0 amide bonds. The van der Waals surface area contributed by atoms with Gasteiger partial charge < -0.3 is 13.8 Å². The summed E-state index contributed by atoms with van der Waals surface area (Å²) >= 11 is 0. The number of carbonyl (C=O) groups excluding carboxylic acids is 1. The number of hydrogen-bond donors (Lipinski definition) is 0. The third-order valence-corrected chi connectivity index (χ3v) is 4.06. The number of carbonyl (C=O) groups is 1. The molecule has 102 valence electrons. The molecule has 1 aliphatic heterocycles. The van der Waals surface area contributed by atoms with Crippen molar-refractivity contribution in [3.63, 3.8) is 0 Å². The summed E-state index contributed by atoms with van der Waals surface area (Å²) in [5, 5.41) is -0.145. The zero-order chi connectivity index (χ0) is 14.0. The van der Waals surface area contributed by atoms with Gasteiger partial charge in [-0.1, -0.05) is 18.2 Å². The van der Waals surface area contributed by atoms with Crippen LogP contribution in [0.25, 0.3) is 0 Å². The van der Waals surface area contributed by atoms with E-state index in [-0.39, 0.29) is 16.5 Å². The molecule has 0 saturated heterocycles. The van der Waals surface area contributed by atoms with E-state index in [1.54, 1.807) is 18.2 Å². The molecular weight excluding hydrogens is 270 g/mol. The van der Waals surface area contributed by atoms with E-state index in [0.717, 1.165) is 0 Å². The van der Waals surface area contributed by atoms with E-state index < -0.39 is 16.3 Å². The Kier molecular flexibility index (Phi) is 3.48. The highest BCUT2D eigenvalue weighted by molar-refractivity contribution is 7.91. The molecule has 0 bridgehead atoms. The van der Waals surface area contributed by atoms with Gasteiger partial charge in [-0.3, -0.25) is 4.79 Å². The van der Waals surface area contributed by atoms with Crippen molar-refractivity contribution in [1.82, 2.24) is 4.90 Å². The minimum Gasteiger partial charge on any atom is -0.465 e. The number of benzene rings is 1. The highest BCUT2D eigenvalue weighted by Crippen LogP contribution is 2.29. The molecule has 0 saturated carbocycles. The normalized spacial score (nSPS) is 19.3. The van der Waals surface area contributed by atoms with Crippen molar-refractivity contribution in [3.8, 4) is 5.75 Å². The van der Waals surface area contributed by atoms with E-state index in [9.17, 15) is 13.2 Å². The number of ether oxygens (including phenoxy) is 1. The third-order valence-electron chi connectivity index (χ3n) is 2.60. The SMILES string of the molecule is CC1=C(S(=O)(=O)Oc2ccccc2)N(C)C(C=O)O1. The highest BCUT2D eigenvalue weighted by atomic mass is 32.2. The Morgan fingerprint density at radius 3 is 2.47 bits per heavy atom. The second-order valence-electron chi connectivity index (χ2n) is 3.97. The third kappa shape index (κ3) is 2.55. The first-order chi connectivity index (χ1) is 8.95. The Hall–Kier alpha value is -2.02. The maximum absolute atomic E-state index is 12.2. The lowest BCUT2D eigenvalue weighted by molar-refractivity contribution is -0.119. The van der Waals surface area contributed by atoms with E-state index in [4.69, 9.17) is 8.92 Å². The van der Waals surface area contributed by atoms with Gasteiger partial charge >= 0.3 is 10.1 Å². The lowest BCUT2D eigenvalue weighted by Gasteiger charge is -2.18. The number of para-hydroxylation sites is 1. The topological polar surface area (TPSA) is 72.9 Å². The van der Waals surface area contributed by atoms with Crippen molar-refractivity contribution in [2.45, 2.75) is 13.2 Å². The van der Waals surface area contributed by atoms with Gasteiger partial charge in [0.2, 0.25) is 11.3 Å². The molecule has 1 atom stereocenters.